The highest BCUT2D eigenvalue weighted by molar-refractivity contribution is 9.10. The van der Waals surface area contributed by atoms with E-state index in [-0.39, 0.29) is 10.2 Å². The molecule has 0 bridgehead atoms. The van der Waals surface area contributed by atoms with Gasteiger partial charge in [-0.15, -0.1) is 0 Å². The van der Waals surface area contributed by atoms with Crippen LogP contribution in [-0.2, 0) is 4.74 Å². The molecule has 10 heavy (non-hydrogen) atoms. The molecule has 1 rings (SSSR count). The van der Waals surface area contributed by atoms with Crippen molar-refractivity contribution in [1.29, 1.82) is 5.26 Å². The molecule has 0 atom stereocenters. The van der Waals surface area contributed by atoms with Gasteiger partial charge in [0.05, 0.1) is 17.0 Å². The molecule has 0 aromatic carbocycles. The Labute approximate surface area is 69.3 Å². The molecule has 0 heterocycles. The van der Waals surface area contributed by atoms with Gasteiger partial charge in [-0.3, -0.25) is 0 Å². The first-order valence-corrected chi connectivity index (χ1v) is 4.07. The number of hydrogen-bond donors (Lipinski definition) is 0. The molecule has 2 nitrogen and oxygen atoms in total. The van der Waals surface area contributed by atoms with Gasteiger partial charge in [0, 0.05) is 13.0 Å². The lowest BCUT2D eigenvalue weighted by molar-refractivity contribution is 0.119. The molecule has 0 aromatic heterocycles. The van der Waals surface area contributed by atoms with E-state index in [1.165, 1.54) is 0 Å². The van der Waals surface area contributed by atoms with Crippen LogP contribution in [0.25, 0.3) is 0 Å². The SMILES string of the molecule is COCC1(Br)CC(C#N)C1. The molecule has 56 valence electrons. The molecule has 0 amide bonds. The van der Waals surface area contributed by atoms with Crippen molar-refractivity contribution in [2.24, 2.45) is 5.92 Å². The standard InChI is InChI=1S/C7H10BrNO/c1-10-5-7(8)2-6(3-7)4-9/h6H,2-3,5H2,1H3. The maximum Gasteiger partial charge on any atom is 0.0656 e. The monoisotopic (exact) mass is 203 g/mol. The molecule has 0 aromatic rings. The second-order valence-electron chi connectivity index (χ2n) is 2.82. The van der Waals surface area contributed by atoms with E-state index in [1.54, 1.807) is 7.11 Å². The maximum absolute atomic E-state index is 8.47. The fourth-order valence-corrected chi connectivity index (χ4v) is 2.30. The third-order valence-electron chi connectivity index (χ3n) is 1.81. The highest BCUT2D eigenvalue weighted by Gasteiger charge is 2.42. The summed E-state index contributed by atoms with van der Waals surface area (Å²) in [6.07, 6.45) is 1.86. The number of nitriles is 1. The van der Waals surface area contributed by atoms with Crippen molar-refractivity contribution in [2.75, 3.05) is 13.7 Å². The summed E-state index contributed by atoms with van der Waals surface area (Å²) in [5.74, 6) is 0.245. The number of rotatable bonds is 2. The predicted octanol–water partition coefficient (Wildman–Crippen LogP) is 1.70. The summed E-state index contributed by atoms with van der Waals surface area (Å²) in [4.78, 5) is 0. The van der Waals surface area contributed by atoms with E-state index >= 15 is 0 Å². The molecule has 0 unspecified atom stereocenters. The van der Waals surface area contributed by atoms with Gasteiger partial charge in [-0.25, -0.2) is 0 Å². The Kier molecular flexibility index (Phi) is 2.32. The predicted molar refractivity (Wildman–Crippen MR) is 41.9 cm³/mol. The Morgan fingerprint density at radius 2 is 2.40 bits per heavy atom. The minimum absolute atomic E-state index is 0.113. The van der Waals surface area contributed by atoms with E-state index in [0.717, 1.165) is 12.8 Å². The molecule has 1 aliphatic carbocycles. The Bertz CT molecular complexity index is 157. The van der Waals surface area contributed by atoms with Crippen LogP contribution in [0.1, 0.15) is 12.8 Å². The zero-order chi connectivity index (χ0) is 7.61. The van der Waals surface area contributed by atoms with E-state index in [9.17, 15) is 0 Å². The van der Waals surface area contributed by atoms with Crippen LogP contribution in [0.5, 0.6) is 0 Å². The number of ether oxygens (including phenoxy) is 1. The van der Waals surface area contributed by atoms with Crippen molar-refractivity contribution in [1.82, 2.24) is 0 Å². The number of nitrogens with zero attached hydrogens (tertiary/aromatic N) is 1. The van der Waals surface area contributed by atoms with Gasteiger partial charge in [-0.05, 0) is 12.8 Å². The summed E-state index contributed by atoms with van der Waals surface area (Å²) in [5, 5.41) is 8.47. The average molecular weight is 204 g/mol. The van der Waals surface area contributed by atoms with E-state index in [1.807, 2.05) is 0 Å². The fourth-order valence-electron chi connectivity index (χ4n) is 1.29. The average Bonchev–Trinajstić information content (AvgIpc) is 1.83. The second-order valence-corrected chi connectivity index (χ2v) is 4.50. The van der Waals surface area contributed by atoms with Crippen LogP contribution in [0.3, 0.4) is 0 Å². The van der Waals surface area contributed by atoms with Crippen molar-refractivity contribution < 1.29 is 4.74 Å². The van der Waals surface area contributed by atoms with E-state index < -0.39 is 0 Å². The molecule has 0 radical (unpaired) electrons. The maximum atomic E-state index is 8.47. The fraction of sp³-hybridized carbons (Fsp3) is 0.857. The first-order chi connectivity index (χ1) is 4.70. The summed E-state index contributed by atoms with van der Waals surface area (Å²) >= 11 is 3.53. The summed E-state index contributed by atoms with van der Waals surface area (Å²) in [6.45, 7) is 0.713. The van der Waals surface area contributed by atoms with Gasteiger partial charge in [0.25, 0.3) is 0 Å². The Morgan fingerprint density at radius 1 is 1.80 bits per heavy atom. The molecule has 1 aliphatic rings. The third-order valence-corrected chi connectivity index (χ3v) is 2.69. The molecular weight excluding hydrogens is 194 g/mol. The zero-order valence-electron chi connectivity index (χ0n) is 5.93. The van der Waals surface area contributed by atoms with Crippen LogP contribution < -0.4 is 0 Å². The van der Waals surface area contributed by atoms with Crippen LogP contribution >= 0.6 is 15.9 Å². The molecule has 0 saturated heterocycles. The van der Waals surface area contributed by atoms with Crippen molar-refractivity contribution in [3.63, 3.8) is 0 Å². The summed E-state index contributed by atoms with van der Waals surface area (Å²) < 4.78 is 5.10. The van der Waals surface area contributed by atoms with E-state index in [2.05, 4.69) is 22.0 Å². The number of hydrogen-bond acceptors (Lipinski definition) is 2. The van der Waals surface area contributed by atoms with Crippen molar-refractivity contribution in [3.05, 3.63) is 0 Å². The third kappa shape index (κ3) is 1.50. The zero-order valence-corrected chi connectivity index (χ0v) is 7.52. The van der Waals surface area contributed by atoms with Gasteiger partial charge in [0.1, 0.15) is 0 Å². The number of halogens is 1. The summed E-state index contributed by atoms with van der Waals surface area (Å²) in [7, 11) is 1.68. The van der Waals surface area contributed by atoms with Crippen molar-refractivity contribution >= 4 is 15.9 Å². The van der Waals surface area contributed by atoms with E-state index in [4.69, 9.17) is 10.00 Å². The minimum atomic E-state index is 0.113. The second kappa shape index (κ2) is 2.89. The molecule has 3 heteroatoms. The molecular formula is C7H10BrNO. The van der Waals surface area contributed by atoms with Gasteiger partial charge < -0.3 is 4.74 Å². The van der Waals surface area contributed by atoms with Gasteiger partial charge in [-0.1, -0.05) is 15.9 Å². The lowest BCUT2D eigenvalue weighted by Crippen LogP contribution is -2.41. The highest BCUT2D eigenvalue weighted by atomic mass is 79.9. The summed E-state index contributed by atoms with van der Waals surface area (Å²) in [5.41, 5.74) is 0. The van der Waals surface area contributed by atoms with Crippen LogP contribution in [-0.4, -0.2) is 18.0 Å². The van der Waals surface area contributed by atoms with Crippen molar-refractivity contribution in [2.45, 2.75) is 17.2 Å². The normalized spacial score (nSPS) is 38.3. The Morgan fingerprint density at radius 3 is 2.80 bits per heavy atom. The summed E-state index contributed by atoms with van der Waals surface area (Å²) in [6, 6.07) is 2.23. The molecule has 0 spiro atoms. The minimum Gasteiger partial charge on any atom is -0.383 e. The van der Waals surface area contributed by atoms with Gasteiger partial charge in [0.15, 0.2) is 0 Å². The Balaban J connectivity index is 2.29. The van der Waals surface area contributed by atoms with Gasteiger partial charge >= 0.3 is 0 Å². The van der Waals surface area contributed by atoms with Gasteiger partial charge in [-0.2, -0.15) is 5.26 Å². The lowest BCUT2D eigenvalue weighted by Gasteiger charge is -2.39. The topological polar surface area (TPSA) is 33.0 Å². The highest BCUT2D eigenvalue weighted by Crippen LogP contribution is 2.44. The number of alkyl halides is 1. The van der Waals surface area contributed by atoms with Crippen LogP contribution in [0.15, 0.2) is 0 Å². The lowest BCUT2D eigenvalue weighted by atomic mass is 9.76. The first-order valence-electron chi connectivity index (χ1n) is 3.28. The Hall–Kier alpha value is -0.0700. The quantitative estimate of drug-likeness (QED) is 0.641. The molecule has 0 aliphatic heterocycles. The van der Waals surface area contributed by atoms with E-state index in [0.29, 0.717) is 6.61 Å². The smallest absolute Gasteiger partial charge is 0.0656 e. The van der Waals surface area contributed by atoms with Crippen molar-refractivity contribution in [3.8, 4) is 6.07 Å². The number of methoxy groups -OCH3 is 1. The molecule has 0 N–H and O–H groups in total. The van der Waals surface area contributed by atoms with Crippen LogP contribution in [0, 0.1) is 17.2 Å². The van der Waals surface area contributed by atoms with Gasteiger partial charge in [0.2, 0.25) is 0 Å². The first kappa shape index (κ1) is 8.03. The van der Waals surface area contributed by atoms with Crippen LogP contribution in [0.4, 0.5) is 0 Å². The molecule has 1 fully saturated rings. The molecule has 1 saturated carbocycles. The van der Waals surface area contributed by atoms with Crippen LogP contribution in [0.2, 0.25) is 0 Å². The largest absolute Gasteiger partial charge is 0.383 e.